The SMILES string of the molecule is CCNc1nc(C)cc(NCCNC(=O)Cc2noc3ccccc23)n1. The Bertz CT molecular complexity index is 892. The topological polar surface area (TPSA) is 105 Å². The maximum atomic E-state index is 12.1. The van der Waals surface area contributed by atoms with Crippen LogP contribution in [0.3, 0.4) is 0 Å². The Morgan fingerprint density at radius 3 is 2.85 bits per heavy atom. The summed E-state index contributed by atoms with van der Waals surface area (Å²) in [6.45, 7) is 5.71. The molecule has 1 aromatic carbocycles. The predicted molar refractivity (Wildman–Crippen MR) is 100 cm³/mol. The third-order valence-corrected chi connectivity index (χ3v) is 3.72. The minimum Gasteiger partial charge on any atom is -0.368 e. The molecular weight excluding hydrogens is 332 g/mol. The average molecular weight is 354 g/mol. The highest BCUT2D eigenvalue weighted by Gasteiger charge is 2.11. The van der Waals surface area contributed by atoms with Gasteiger partial charge in [-0.3, -0.25) is 4.79 Å². The molecule has 0 unspecified atom stereocenters. The number of benzene rings is 1. The molecule has 2 aromatic heterocycles. The zero-order chi connectivity index (χ0) is 18.4. The van der Waals surface area contributed by atoms with Crippen molar-refractivity contribution in [2.45, 2.75) is 20.3 Å². The van der Waals surface area contributed by atoms with Gasteiger partial charge in [-0.05, 0) is 26.0 Å². The number of nitrogens with zero attached hydrogens (tertiary/aromatic N) is 3. The summed E-state index contributed by atoms with van der Waals surface area (Å²) in [6.07, 6.45) is 0.189. The van der Waals surface area contributed by atoms with Crippen LogP contribution >= 0.6 is 0 Å². The summed E-state index contributed by atoms with van der Waals surface area (Å²) in [5.74, 6) is 1.22. The maximum Gasteiger partial charge on any atom is 0.226 e. The van der Waals surface area contributed by atoms with E-state index in [1.807, 2.05) is 44.2 Å². The van der Waals surface area contributed by atoms with Gasteiger partial charge in [-0.15, -0.1) is 0 Å². The van der Waals surface area contributed by atoms with Gasteiger partial charge in [-0.2, -0.15) is 4.98 Å². The number of carbonyl (C=O) groups is 1. The molecule has 0 atom stereocenters. The normalized spacial score (nSPS) is 10.7. The number of amides is 1. The molecule has 0 aliphatic carbocycles. The zero-order valence-electron chi connectivity index (χ0n) is 14.9. The second kappa shape index (κ2) is 8.28. The minimum absolute atomic E-state index is 0.0990. The molecule has 0 aliphatic rings. The molecule has 0 aliphatic heterocycles. The number of fused-ring (bicyclic) bond motifs is 1. The second-order valence-corrected chi connectivity index (χ2v) is 5.83. The quantitative estimate of drug-likeness (QED) is 0.532. The van der Waals surface area contributed by atoms with Crippen molar-refractivity contribution in [2.75, 3.05) is 30.3 Å². The van der Waals surface area contributed by atoms with E-state index in [1.165, 1.54) is 0 Å². The molecule has 136 valence electrons. The summed E-state index contributed by atoms with van der Waals surface area (Å²) in [7, 11) is 0. The molecule has 2 heterocycles. The smallest absolute Gasteiger partial charge is 0.226 e. The molecule has 0 saturated heterocycles. The van der Waals surface area contributed by atoms with Crippen LogP contribution in [0.15, 0.2) is 34.9 Å². The van der Waals surface area contributed by atoms with Crippen molar-refractivity contribution < 1.29 is 9.32 Å². The number of carbonyl (C=O) groups excluding carboxylic acids is 1. The summed E-state index contributed by atoms with van der Waals surface area (Å²) >= 11 is 0. The molecule has 3 aromatic rings. The third kappa shape index (κ3) is 4.47. The Balaban J connectivity index is 1.47. The lowest BCUT2D eigenvalue weighted by molar-refractivity contribution is -0.120. The van der Waals surface area contributed by atoms with E-state index in [1.54, 1.807) is 0 Å². The first-order chi connectivity index (χ1) is 12.7. The molecule has 0 saturated carbocycles. The first kappa shape index (κ1) is 17.7. The largest absolute Gasteiger partial charge is 0.368 e. The summed E-state index contributed by atoms with van der Waals surface area (Å²) in [6, 6.07) is 9.37. The maximum absolute atomic E-state index is 12.1. The summed E-state index contributed by atoms with van der Waals surface area (Å²) < 4.78 is 5.21. The van der Waals surface area contributed by atoms with Crippen LogP contribution in [0, 0.1) is 6.92 Å². The second-order valence-electron chi connectivity index (χ2n) is 5.83. The monoisotopic (exact) mass is 354 g/mol. The van der Waals surface area contributed by atoms with Crippen LogP contribution < -0.4 is 16.0 Å². The minimum atomic E-state index is -0.0990. The number of nitrogens with one attached hydrogen (secondary N) is 3. The first-order valence-electron chi connectivity index (χ1n) is 8.59. The Labute approximate surface area is 151 Å². The Kier molecular flexibility index (Phi) is 5.62. The molecule has 26 heavy (non-hydrogen) atoms. The number of hydrogen-bond donors (Lipinski definition) is 3. The summed E-state index contributed by atoms with van der Waals surface area (Å²) in [5.41, 5.74) is 2.21. The molecule has 0 fully saturated rings. The van der Waals surface area contributed by atoms with E-state index < -0.39 is 0 Å². The fourth-order valence-electron chi connectivity index (χ4n) is 2.57. The van der Waals surface area contributed by atoms with Crippen molar-refractivity contribution in [3.05, 3.63) is 41.7 Å². The highest BCUT2D eigenvalue weighted by atomic mass is 16.5. The third-order valence-electron chi connectivity index (χ3n) is 3.72. The van der Waals surface area contributed by atoms with Gasteiger partial charge < -0.3 is 20.5 Å². The van der Waals surface area contributed by atoms with E-state index >= 15 is 0 Å². The molecule has 0 spiro atoms. The molecule has 8 heteroatoms. The van der Waals surface area contributed by atoms with Crippen LogP contribution in [0.5, 0.6) is 0 Å². The van der Waals surface area contributed by atoms with Crippen LogP contribution in [0.25, 0.3) is 11.0 Å². The number of anilines is 2. The van der Waals surface area contributed by atoms with Crippen LogP contribution in [-0.2, 0) is 11.2 Å². The lowest BCUT2D eigenvalue weighted by Crippen LogP contribution is -2.30. The van der Waals surface area contributed by atoms with Gasteiger partial charge in [0.05, 0.1) is 6.42 Å². The standard InChI is InChI=1S/C18H22N6O2/c1-3-19-18-22-12(2)10-16(23-18)20-8-9-21-17(25)11-14-13-6-4-5-7-15(13)26-24-14/h4-7,10H,3,8-9,11H2,1-2H3,(H,21,25)(H2,19,20,22,23). The van der Waals surface area contributed by atoms with Gasteiger partial charge in [-0.25, -0.2) is 4.98 Å². The van der Waals surface area contributed by atoms with Gasteiger partial charge >= 0.3 is 0 Å². The highest BCUT2D eigenvalue weighted by molar-refractivity contribution is 5.86. The first-order valence-corrected chi connectivity index (χ1v) is 8.59. The summed E-state index contributed by atoms with van der Waals surface area (Å²) in [4.78, 5) is 20.8. The number of aromatic nitrogens is 3. The van der Waals surface area contributed by atoms with Gasteiger partial charge in [0.15, 0.2) is 5.58 Å². The molecular formula is C18H22N6O2. The van der Waals surface area contributed by atoms with E-state index in [-0.39, 0.29) is 12.3 Å². The summed E-state index contributed by atoms with van der Waals surface area (Å²) in [5, 5.41) is 14.0. The van der Waals surface area contributed by atoms with Crippen molar-refractivity contribution in [3.63, 3.8) is 0 Å². The van der Waals surface area contributed by atoms with Crippen molar-refractivity contribution in [1.29, 1.82) is 0 Å². The van der Waals surface area contributed by atoms with Gasteiger partial charge in [0.1, 0.15) is 11.5 Å². The number of para-hydroxylation sites is 1. The van der Waals surface area contributed by atoms with Gasteiger partial charge in [0.2, 0.25) is 11.9 Å². The van der Waals surface area contributed by atoms with Crippen molar-refractivity contribution in [1.82, 2.24) is 20.4 Å². The van der Waals surface area contributed by atoms with Crippen LogP contribution in [0.4, 0.5) is 11.8 Å². The highest BCUT2D eigenvalue weighted by Crippen LogP contribution is 2.17. The Morgan fingerprint density at radius 2 is 2.00 bits per heavy atom. The Morgan fingerprint density at radius 1 is 1.15 bits per heavy atom. The van der Waals surface area contributed by atoms with E-state index in [0.29, 0.717) is 30.3 Å². The number of aryl methyl sites for hydroxylation is 1. The van der Waals surface area contributed by atoms with Gasteiger partial charge in [-0.1, -0.05) is 17.3 Å². The number of hydrogen-bond acceptors (Lipinski definition) is 7. The fraction of sp³-hybridized carbons (Fsp3) is 0.333. The van der Waals surface area contributed by atoms with Crippen molar-refractivity contribution >= 4 is 28.6 Å². The van der Waals surface area contributed by atoms with Crippen molar-refractivity contribution in [2.24, 2.45) is 0 Å². The fourth-order valence-corrected chi connectivity index (χ4v) is 2.57. The lowest BCUT2D eigenvalue weighted by atomic mass is 10.1. The molecule has 1 amide bonds. The van der Waals surface area contributed by atoms with Crippen LogP contribution in [0.1, 0.15) is 18.3 Å². The Hall–Kier alpha value is -3.16. The predicted octanol–water partition coefficient (Wildman–Crippen LogP) is 2.13. The zero-order valence-corrected chi connectivity index (χ0v) is 14.9. The molecule has 0 bridgehead atoms. The average Bonchev–Trinajstić information content (AvgIpc) is 3.02. The van der Waals surface area contributed by atoms with Crippen LogP contribution in [0.2, 0.25) is 0 Å². The van der Waals surface area contributed by atoms with Gasteiger partial charge in [0, 0.05) is 36.8 Å². The van der Waals surface area contributed by atoms with E-state index in [9.17, 15) is 4.79 Å². The lowest BCUT2D eigenvalue weighted by Gasteiger charge is -2.09. The van der Waals surface area contributed by atoms with E-state index in [2.05, 4.69) is 31.1 Å². The van der Waals surface area contributed by atoms with E-state index in [0.717, 1.165) is 23.4 Å². The molecule has 3 rings (SSSR count). The van der Waals surface area contributed by atoms with E-state index in [4.69, 9.17) is 4.52 Å². The van der Waals surface area contributed by atoms with Crippen LogP contribution in [-0.4, -0.2) is 40.7 Å². The number of rotatable bonds is 8. The molecule has 3 N–H and O–H groups in total. The van der Waals surface area contributed by atoms with Gasteiger partial charge in [0.25, 0.3) is 0 Å². The van der Waals surface area contributed by atoms with Crippen molar-refractivity contribution in [3.8, 4) is 0 Å². The molecule has 8 nitrogen and oxygen atoms in total. The molecule has 0 radical (unpaired) electrons.